The van der Waals surface area contributed by atoms with Gasteiger partial charge in [-0.15, -0.1) is 0 Å². The summed E-state index contributed by atoms with van der Waals surface area (Å²) in [5, 5.41) is 3.72. The van der Waals surface area contributed by atoms with E-state index in [1.807, 2.05) is 10.4 Å². The molecule has 2 rings (SSSR count). The van der Waals surface area contributed by atoms with Crippen molar-refractivity contribution in [2.75, 3.05) is 0 Å². The number of hydrogen-bond acceptors (Lipinski definition) is 0. The van der Waals surface area contributed by atoms with Crippen molar-refractivity contribution in [2.24, 2.45) is 0 Å². The summed E-state index contributed by atoms with van der Waals surface area (Å²) in [5.41, 5.74) is 0. The third-order valence-corrected chi connectivity index (χ3v) is 17.6. The normalized spacial score (nSPS) is 20.4. The molecule has 0 atom stereocenters. The van der Waals surface area contributed by atoms with Crippen molar-refractivity contribution in [1.29, 1.82) is 0 Å². The molecule has 0 unspecified atom stereocenters. The van der Waals surface area contributed by atoms with Gasteiger partial charge >= 0.3 is 0 Å². The number of benzene rings is 1. The first-order valence-electron chi connectivity index (χ1n) is 7.78. The van der Waals surface area contributed by atoms with Crippen LogP contribution in [0.5, 0.6) is 0 Å². The maximum absolute atomic E-state index is 2.50. The molecule has 0 spiro atoms. The number of hydrogen-bond donors (Lipinski definition) is 0. The smallest absolute Gasteiger partial charge is 0.0675 e. The quantitative estimate of drug-likeness (QED) is 0.727. The van der Waals surface area contributed by atoms with Crippen LogP contribution in [0.2, 0.25) is 36.3 Å². The Labute approximate surface area is 115 Å². The highest BCUT2D eigenvalue weighted by molar-refractivity contribution is 7.05. The SMILES string of the molecule is CC[Si]1(CC)CC[Si](CC)(CC)c2ccccc21. The van der Waals surface area contributed by atoms with Gasteiger partial charge in [-0.25, -0.2) is 0 Å². The average molecular weight is 277 g/mol. The van der Waals surface area contributed by atoms with Gasteiger partial charge < -0.3 is 0 Å². The van der Waals surface area contributed by atoms with E-state index in [9.17, 15) is 0 Å². The van der Waals surface area contributed by atoms with E-state index in [1.165, 1.54) is 24.2 Å². The van der Waals surface area contributed by atoms with Crippen LogP contribution in [0.4, 0.5) is 0 Å². The molecule has 18 heavy (non-hydrogen) atoms. The lowest BCUT2D eigenvalue weighted by molar-refractivity contribution is 1.12. The molecule has 100 valence electrons. The molecule has 0 amide bonds. The minimum Gasteiger partial charge on any atom is -0.0675 e. The summed E-state index contributed by atoms with van der Waals surface area (Å²) in [6.45, 7) is 9.77. The minimum atomic E-state index is -1.14. The van der Waals surface area contributed by atoms with Crippen LogP contribution in [-0.2, 0) is 0 Å². The van der Waals surface area contributed by atoms with Gasteiger partial charge in [-0.2, -0.15) is 0 Å². The first-order chi connectivity index (χ1) is 8.68. The van der Waals surface area contributed by atoms with Gasteiger partial charge in [0.2, 0.25) is 0 Å². The minimum absolute atomic E-state index is 1.14. The highest BCUT2D eigenvalue weighted by atomic mass is 28.3. The molecule has 1 heterocycles. The van der Waals surface area contributed by atoms with Crippen LogP contribution in [0.25, 0.3) is 0 Å². The van der Waals surface area contributed by atoms with E-state index in [2.05, 4.69) is 52.0 Å². The topological polar surface area (TPSA) is 0 Å². The Morgan fingerprint density at radius 1 is 0.722 bits per heavy atom. The maximum atomic E-state index is 2.50. The molecule has 0 N–H and O–H groups in total. The summed E-state index contributed by atoms with van der Waals surface area (Å²) in [5.74, 6) is 0. The van der Waals surface area contributed by atoms with E-state index in [-0.39, 0.29) is 0 Å². The number of fused-ring (bicyclic) bond motifs is 1. The predicted molar refractivity (Wildman–Crippen MR) is 88.8 cm³/mol. The molecule has 0 radical (unpaired) electrons. The van der Waals surface area contributed by atoms with Crippen molar-refractivity contribution in [2.45, 2.75) is 64.0 Å². The first-order valence-corrected chi connectivity index (χ1v) is 13.0. The van der Waals surface area contributed by atoms with Crippen LogP contribution in [0.3, 0.4) is 0 Å². The fourth-order valence-corrected chi connectivity index (χ4v) is 16.2. The highest BCUT2D eigenvalue weighted by Gasteiger charge is 2.45. The molecule has 0 saturated carbocycles. The summed E-state index contributed by atoms with van der Waals surface area (Å²) in [6, 6.07) is 18.5. The van der Waals surface area contributed by atoms with Crippen molar-refractivity contribution in [3.63, 3.8) is 0 Å². The first kappa shape index (κ1) is 14.1. The Hall–Kier alpha value is -0.346. The van der Waals surface area contributed by atoms with Crippen molar-refractivity contribution < 1.29 is 0 Å². The molecular formula is C16H28Si2. The Morgan fingerprint density at radius 2 is 1.06 bits per heavy atom. The molecule has 0 aromatic heterocycles. The van der Waals surface area contributed by atoms with E-state index in [4.69, 9.17) is 0 Å². The molecular weight excluding hydrogens is 248 g/mol. The Morgan fingerprint density at radius 3 is 1.33 bits per heavy atom. The summed E-state index contributed by atoms with van der Waals surface area (Å²) in [6.07, 6.45) is 0. The molecule has 1 aliphatic rings. The molecule has 0 bridgehead atoms. The maximum Gasteiger partial charge on any atom is 0.0857 e. The summed E-state index contributed by atoms with van der Waals surface area (Å²) >= 11 is 0. The van der Waals surface area contributed by atoms with E-state index < -0.39 is 16.1 Å². The molecule has 1 aliphatic heterocycles. The summed E-state index contributed by atoms with van der Waals surface area (Å²) in [7, 11) is -2.28. The van der Waals surface area contributed by atoms with Crippen molar-refractivity contribution in [3.8, 4) is 0 Å². The van der Waals surface area contributed by atoms with Crippen LogP contribution in [0.1, 0.15) is 27.7 Å². The van der Waals surface area contributed by atoms with Gasteiger partial charge in [-0.1, -0.05) is 98.6 Å². The second kappa shape index (κ2) is 5.34. The van der Waals surface area contributed by atoms with Gasteiger partial charge in [0.05, 0.1) is 16.1 Å². The van der Waals surface area contributed by atoms with Crippen LogP contribution < -0.4 is 10.4 Å². The number of rotatable bonds is 4. The zero-order valence-electron chi connectivity index (χ0n) is 12.6. The Kier molecular flexibility index (Phi) is 4.17. The lowest BCUT2D eigenvalue weighted by atomic mass is 10.4. The van der Waals surface area contributed by atoms with E-state index in [0.29, 0.717) is 0 Å². The lowest BCUT2D eigenvalue weighted by Crippen LogP contribution is -2.67. The highest BCUT2D eigenvalue weighted by Crippen LogP contribution is 2.34. The third-order valence-electron chi connectivity index (χ3n) is 5.86. The molecule has 1 aromatic rings. The van der Waals surface area contributed by atoms with Crippen LogP contribution >= 0.6 is 0 Å². The second-order valence-electron chi connectivity index (χ2n) is 6.02. The van der Waals surface area contributed by atoms with E-state index in [0.717, 1.165) is 0 Å². The molecule has 1 aromatic carbocycles. The van der Waals surface area contributed by atoms with Gasteiger partial charge in [-0.05, 0) is 0 Å². The largest absolute Gasteiger partial charge is 0.0857 e. The summed E-state index contributed by atoms with van der Waals surface area (Å²) < 4.78 is 0. The fraction of sp³-hybridized carbons (Fsp3) is 0.625. The zero-order valence-corrected chi connectivity index (χ0v) is 14.6. The van der Waals surface area contributed by atoms with Crippen molar-refractivity contribution in [1.82, 2.24) is 0 Å². The standard InChI is InChI=1S/C16H28Si2/c1-5-17(6-2)13-14-18(7-3,8-4)16-12-10-9-11-15(16)17/h9-12H,5-8,13-14H2,1-4H3. The van der Waals surface area contributed by atoms with Gasteiger partial charge in [0, 0.05) is 0 Å². The Bertz CT molecular complexity index is 364. The van der Waals surface area contributed by atoms with Gasteiger partial charge in [0.15, 0.2) is 0 Å². The fourth-order valence-electron chi connectivity index (χ4n) is 4.12. The third kappa shape index (κ3) is 1.94. The summed E-state index contributed by atoms with van der Waals surface area (Å²) in [4.78, 5) is 0. The van der Waals surface area contributed by atoms with E-state index >= 15 is 0 Å². The molecule has 0 aliphatic carbocycles. The van der Waals surface area contributed by atoms with Crippen LogP contribution in [0.15, 0.2) is 24.3 Å². The molecule has 0 fully saturated rings. The Balaban J connectivity index is 2.60. The average Bonchev–Trinajstić information content (AvgIpc) is 2.46. The van der Waals surface area contributed by atoms with Crippen molar-refractivity contribution >= 4 is 26.5 Å². The van der Waals surface area contributed by atoms with Crippen molar-refractivity contribution in [3.05, 3.63) is 24.3 Å². The second-order valence-corrected chi connectivity index (χ2v) is 16.0. The monoisotopic (exact) mass is 276 g/mol. The van der Waals surface area contributed by atoms with Crippen LogP contribution in [0, 0.1) is 0 Å². The van der Waals surface area contributed by atoms with Gasteiger partial charge in [-0.3, -0.25) is 0 Å². The molecule has 0 nitrogen and oxygen atoms in total. The zero-order chi connectivity index (χ0) is 13.2. The van der Waals surface area contributed by atoms with E-state index in [1.54, 1.807) is 12.1 Å². The van der Waals surface area contributed by atoms with Gasteiger partial charge in [0.1, 0.15) is 0 Å². The predicted octanol–water partition coefficient (Wildman–Crippen LogP) is 4.09. The molecule has 0 saturated heterocycles. The molecule has 2 heteroatoms. The van der Waals surface area contributed by atoms with Gasteiger partial charge in [0.25, 0.3) is 0 Å². The van der Waals surface area contributed by atoms with Crippen LogP contribution in [-0.4, -0.2) is 16.1 Å². The lowest BCUT2D eigenvalue weighted by Gasteiger charge is -2.45.